The number of carbonyl (C=O) groups is 1. The third-order valence-electron chi connectivity index (χ3n) is 4.60. The summed E-state index contributed by atoms with van der Waals surface area (Å²) in [5.74, 6) is 0.877. The molecule has 1 aromatic carbocycles. The van der Waals surface area contributed by atoms with E-state index < -0.39 is 0 Å². The summed E-state index contributed by atoms with van der Waals surface area (Å²) in [7, 11) is 4.06. The summed E-state index contributed by atoms with van der Waals surface area (Å²) in [5, 5.41) is 6.13. The van der Waals surface area contributed by atoms with Gasteiger partial charge in [0.25, 0.3) is 0 Å². The summed E-state index contributed by atoms with van der Waals surface area (Å²) in [5.41, 5.74) is 1.17. The standard InChI is InChI=1S/C19H31N3O2/c1-4-24-17-12-10-15(11-13-17)18(22(2)3)14-20-19(23)21-16-8-6-5-7-9-16/h10-13,16,18H,4-9,14H2,1-3H3,(H2,20,21,23). The van der Waals surface area contributed by atoms with Crippen LogP contribution in [0.2, 0.25) is 0 Å². The van der Waals surface area contributed by atoms with Crippen LogP contribution >= 0.6 is 0 Å². The maximum absolute atomic E-state index is 12.1. The second kappa shape index (κ2) is 9.52. The molecule has 0 bridgehead atoms. The fraction of sp³-hybridized carbons (Fsp3) is 0.632. The van der Waals surface area contributed by atoms with Crippen molar-refractivity contribution in [1.29, 1.82) is 0 Å². The number of benzene rings is 1. The Labute approximate surface area is 145 Å². The van der Waals surface area contributed by atoms with Crippen molar-refractivity contribution in [3.8, 4) is 5.75 Å². The zero-order valence-electron chi connectivity index (χ0n) is 15.2. The van der Waals surface area contributed by atoms with Crippen LogP contribution in [0.25, 0.3) is 0 Å². The lowest BCUT2D eigenvalue weighted by atomic mass is 9.96. The van der Waals surface area contributed by atoms with Crippen LogP contribution in [0.3, 0.4) is 0 Å². The van der Waals surface area contributed by atoms with Gasteiger partial charge in [0.05, 0.1) is 12.6 Å². The highest BCUT2D eigenvalue weighted by atomic mass is 16.5. The van der Waals surface area contributed by atoms with Gasteiger partial charge in [0.1, 0.15) is 5.75 Å². The molecule has 5 heteroatoms. The number of carbonyl (C=O) groups excluding carboxylic acids is 1. The molecule has 1 aliphatic rings. The van der Waals surface area contributed by atoms with Crippen molar-refractivity contribution < 1.29 is 9.53 Å². The molecule has 1 unspecified atom stereocenters. The first-order valence-corrected chi connectivity index (χ1v) is 9.03. The number of nitrogens with zero attached hydrogens (tertiary/aromatic N) is 1. The monoisotopic (exact) mass is 333 g/mol. The van der Waals surface area contributed by atoms with E-state index >= 15 is 0 Å². The van der Waals surface area contributed by atoms with Gasteiger partial charge in [0.15, 0.2) is 0 Å². The van der Waals surface area contributed by atoms with Gasteiger partial charge in [0.2, 0.25) is 0 Å². The highest BCUT2D eigenvalue weighted by Gasteiger charge is 2.18. The molecule has 2 N–H and O–H groups in total. The molecule has 1 aromatic rings. The fourth-order valence-corrected chi connectivity index (χ4v) is 3.22. The molecular weight excluding hydrogens is 302 g/mol. The Kier molecular flexibility index (Phi) is 7.37. The van der Waals surface area contributed by atoms with Crippen molar-refractivity contribution in [2.75, 3.05) is 27.2 Å². The number of likely N-dealkylation sites (N-methyl/N-ethyl adjacent to an activating group) is 1. The van der Waals surface area contributed by atoms with Crippen molar-refractivity contribution >= 4 is 6.03 Å². The second-order valence-electron chi connectivity index (χ2n) is 6.67. The Morgan fingerprint density at radius 2 is 1.88 bits per heavy atom. The number of amides is 2. The molecule has 0 radical (unpaired) electrons. The van der Waals surface area contributed by atoms with Gasteiger partial charge < -0.3 is 20.3 Å². The molecule has 1 atom stereocenters. The third-order valence-corrected chi connectivity index (χ3v) is 4.60. The van der Waals surface area contributed by atoms with Crippen molar-refractivity contribution in [3.63, 3.8) is 0 Å². The zero-order chi connectivity index (χ0) is 17.4. The molecule has 2 amide bonds. The first kappa shape index (κ1) is 18.6. The van der Waals surface area contributed by atoms with Crippen molar-refractivity contribution in [3.05, 3.63) is 29.8 Å². The Hall–Kier alpha value is -1.75. The molecule has 1 aliphatic carbocycles. The van der Waals surface area contributed by atoms with Gasteiger partial charge >= 0.3 is 6.03 Å². The first-order chi connectivity index (χ1) is 11.6. The normalized spacial score (nSPS) is 16.7. The summed E-state index contributed by atoms with van der Waals surface area (Å²) < 4.78 is 5.49. The Morgan fingerprint density at radius 3 is 2.46 bits per heavy atom. The van der Waals surface area contributed by atoms with E-state index in [-0.39, 0.29) is 12.1 Å². The maximum atomic E-state index is 12.1. The smallest absolute Gasteiger partial charge is 0.315 e. The van der Waals surface area contributed by atoms with Crippen LogP contribution in [0, 0.1) is 0 Å². The predicted octanol–water partition coefficient (Wildman–Crippen LogP) is 3.32. The van der Waals surface area contributed by atoms with Crippen LogP contribution in [0.1, 0.15) is 50.6 Å². The van der Waals surface area contributed by atoms with Crippen LogP contribution in [-0.4, -0.2) is 44.2 Å². The quantitative estimate of drug-likeness (QED) is 0.805. The Morgan fingerprint density at radius 1 is 1.21 bits per heavy atom. The van der Waals surface area contributed by atoms with Gasteiger partial charge in [-0.1, -0.05) is 31.4 Å². The lowest BCUT2D eigenvalue weighted by Gasteiger charge is -2.27. The number of hydrogen-bond donors (Lipinski definition) is 2. The van der Waals surface area contributed by atoms with Gasteiger partial charge in [-0.15, -0.1) is 0 Å². The van der Waals surface area contributed by atoms with Crippen molar-refractivity contribution in [2.45, 2.75) is 51.1 Å². The molecule has 24 heavy (non-hydrogen) atoms. The van der Waals surface area contributed by atoms with Crippen LogP contribution in [0.4, 0.5) is 4.79 Å². The highest BCUT2D eigenvalue weighted by molar-refractivity contribution is 5.74. The number of urea groups is 1. The van der Waals surface area contributed by atoms with E-state index in [9.17, 15) is 4.79 Å². The summed E-state index contributed by atoms with van der Waals surface area (Å²) in [6, 6.07) is 8.52. The lowest BCUT2D eigenvalue weighted by Crippen LogP contribution is -2.45. The van der Waals surface area contributed by atoms with Crippen molar-refractivity contribution in [1.82, 2.24) is 15.5 Å². The minimum atomic E-state index is -0.0558. The lowest BCUT2D eigenvalue weighted by molar-refractivity contribution is 0.225. The van der Waals surface area contributed by atoms with E-state index in [0.717, 1.165) is 18.6 Å². The third kappa shape index (κ3) is 5.71. The van der Waals surface area contributed by atoms with Gasteiger partial charge in [0, 0.05) is 12.6 Å². The molecule has 0 aromatic heterocycles. The Balaban J connectivity index is 1.87. The van der Waals surface area contributed by atoms with Gasteiger partial charge in [-0.05, 0) is 51.6 Å². The summed E-state index contributed by atoms with van der Waals surface area (Å²) in [6.07, 6.45) is 5.93. The molecule has 1 saturated carbocycles. The molecule has 2 rings (SSSR count). The summed E-state index contributed by atoms with van der Waals surface area (Å²) in [4.78, 5) is 14.3. The molecule has 0 aliphatic heterocycles. The molecule has 0 saturated heterocycles. The van der Waals surface area contributed by atoms with E-state index in [4.69, 9.17) is 4.74 Å². The molecule has 1 fully saturated rings. The molecular formula is C19H31N3O2. The summed E-state index contributed by atoms with van der Waals surface area (Å²) >= 11 is 0. The SMILES string of the molecule is CCOc1ccc(C(CNC(=O)NC2CCCCC2)N(C)C)cc1. The van der Waals surface area contributed by atoms with Gasteiger partial charge in [-0.2, -0.15) is 0 Å². The fourth-order valence-electron chi connectivity index (χ4n) is 3.22. The minimum absolute atomic E-state index is 0.0558. The van der Waals surface area contributed by atoms with E-state index in [1.54, 1.807) is 0 Å². The van der Waals surface area contributed by atoms with Crippen LogP contribution in [-0.2, 0) is 0 Å². The molecule has 134 valence electrons. The van der Waals surface area contributed by atoms with E-state index in [1.807, 2.05) is 33.2 Å². The maximum Gasteiger partial charge on any atom is 0.315 e. The zero-order valence-corrected chi connectivity index (χ0v) is 15.2. The number of ether oxygens (including phenoxy) is 1. The molecule has 5 nitrogen and oxygen atoms in total. The topological polar surface area (TPSA) is 53.6 Å². The van der Waals surface area contributed by atoms with Crippen LogP contribution in [0.5, 0.6) is 5.75 Å². The average molecular weight is 333 g/mol. The summed E-state index contributed by atoms with van der Waals surface area (Å²) in [6.45, 7) is 3.23. The molecule has 0 spiro atoms. The average Bonchev–Trinajstić information content (AvgIpc) is 2.57. The van der Waals surface area contributed by atoms with E-state index in [0.29, 0.717) is 19.2 Å². The number of hydrogen-bond acceptors (Lipinski definition) is 3. The first-order valence-electron chi connectivity index (χ1n) is 9.03. The number of rotatable bonds is 7. The second-order valence-corrected chi connectivity index (χ2v) is 6.67. The predicted molar refractivity (Wildman–Crippen MR) is 97.4 cm³/mol. The largest absolute Gasteiger partial charge is 0.494 e. The van der Waals surface area contributed by atoms with E-state index in [1.165, 1.54) is 24.8 Å². The minimum Gasteiger partial charge on any atom is -0.494 e. The number of nitrogens with one attached hydrogen (secondary N) is 2. The van der Waals surface area contributed by atoms with Crippen LogP contribution in [0.15, 0.2) is 24.3 Å². The van der Waals surface area contributed by atoms with Gasteiger partial charge in [-0.25, -0.2) is 4.79 Å². The molecule has 0 heterocycles. The van der Waals surface area contributed by atoms with Gasteiger partial charge in [-0.3, -0.25) is 0 Å². The Bertz CT molecular complexity index is 496. The van der Waals surface area contributed by atoms with E-state index in [2.05, 4.69) is 27.7 Å². The van der Waals surface area contributed by atoms with Crippen molar-refractivity contribution in [2.24, 2.45) is 0 Å². The highest BCUT2D eigenvalue weighted by Crippen LogP contribution is 2.21. The van der Waals surface area contributed by atoms with Crippen LogP contribution < -0.4 is 15.4 Å².